The minimum absolute atomic E-state index is 0.0145. The molecule has 1 saturated heterocycles. The molecule has 5 heteroatoms. The fraction of sp³-hybridized carbons (Fsp3) is 0.500. The average Bonchev–Trinajstić information content (AvgIpc) is 2.84. The topological polar surface area (TPSA) is 62.3 Å². The van der Waals surface area contributed by atoms with Crippen LogP contribution in [0.2, 0.25) is 0 Å². The number of nitrogens with zero attached hydrogens (tertiary/aromatic N) is 2. The van der Waals surface area contributed by atoms with E-state index in [4.69, 9.17) is 0 Å². The number of pyridine rings is 1. The van der Waals surface area contributed by atoms with Crippen molar-refractivity contribution in [2.45, 2.75) is 38.1 Å². The third kappa shape index (κ3) is 1.89. The van der Waals surface area contributed by atoms with E-state index in [0.717, 1.165) is 37.1 Å². The molecule has 2 heterocycles. The lowest BCUT2D eigenvalue weighted by molar-refractivity contribution is -0.135. The van der Waals surface area contributed by atoms with Crippen molar-refractivity contribution in [1.82, 2.24) is 10.3 Å². The van der Waals surface area contributed by atoms with Gasteiger partial charge in [-0.15, -0.1) is 0 Å². The molecule has 1 saturated carbocycles. The Morgan fingerprint density at radius 1 is 1.32 bits per heavy atom. The van der Waals surface area contributed by atoms with Crippen LogP contribution in [0.1, 0.15) is 31.4 Å². The quantitative estimate of drug-likeness (QED) is 0.823. The second-order valence-electron chi connectivity index (χ2n) is 5.34. The predicted octanol–water partition coefficient (Wildman–Crippen LogP) is 1.17. The number of hydrogen-bond donors (Lipinski definition) is 1. The molecule has 2 aliphatic rings. The molecule has 0 unspecified atom stereocenters. The zero-order valence-electron chi connectivity index (χ0n) is 11.0. The van der Waals surface area contributed by atoms with Gasteiger partial charge in [-0.1, -0.05) is 12.8 Å². The Morgan fingerprint density at radius 2 is 2.05 bits per heavy atom. The summed E-state index contributed by atoms with van der Waals surface area (Å²) in [7, 11) is 0. The van der Waals surface area contributed by atoms with Crippen molar-refractivity contribution in [1.29, 1.82) is 0 Å². The highest BCUT2D eigenvalue weighted by atomic mass is 16.2. The highest BCUT2D eigenvalue weighted by molar-refractivity contribution is 6.09. The van der Waals surface area contributed by atoms with Crippen LogP contribution in [0.3, 0.4) is 0 Å². The van der Waals surface area contributed by atoms with Crippen LogP contribution >= 0.6 is 0 Å². The maximum absolute atomic E-state index is 12.7. The number of hydrogen-bond acceptors (Lipinski definition) is 3. The van der Waals surface area contributed by atoms with Gasteiger partial charge in [0.25, 0.3) is 5.91 Å². The van der Waals surface area contributed by atoms with Crippen molar-refractivity contribution in [2.75, 3.05) is 11.4 Å². The normalized spacial score (nSPS) is 21.8. The first-order valence-electron chi connectivity index (χ1n) is 6.67. The number of carbonyl (C=O) groups is 2. The Bertz CT molecular complexity index is 535. The molecule has 1 aromatic rings. The molecule has 0 aromatic carbocycles. The van der Waals surface area contributed by atoms with Crippen molar-refractivity contribution >= 4 is 17.5 Å². The molecule has 1 aromatic heterocycles. The van der Waals surface area contributed by atoms with E-state index in [1.54, 1.807) is 17.2 Å². The van der Waals surface area contributed by atoms with Crippen LogP contribution in [0.15, 0.2) is 18.3 Å². The standard InChI is InChI=1S/C14H17N3O2/c1-10-11(5-4-8-15-10)17-9-12(18)16-14(13(17)19)6-2-3-7-14/h4-5,8H,2-3,6-7,9H2,1H3,(H,16,18). The van der Waals surface area contributed by atoms with Crippen LogP contribution in [-0.2, 0) is 9.59 Å². The number of anilines is 1. The fourth-order valence-corrected chi connectivity index (χ4v) is 3.11. The maximum Gasteiger partial charge on any atom is 0.253 e. The maximum atomic E-state index is 12.7. The van der Waals surface area contributed by atoms with Crippen LogP contribution in [0, 0.1) is 6.92 Å². The number of piperazine rings is 1. The Hall–Kier alpha value is -1.91. The van der Waals surface area contributed by atoms with Crippen LogP contribution in [0.4, 0.5) is 5.69 Å². The van der Waals surface area contributed by atoms with Gasteiger partial charge in [-0.2, -0.15) is 0 Å². The monoisotopic (exact) mass is 259 g/mol. The number of carbonyl (C=O) groups excluding carboxylic acids is 2. The molecule has 1 aliphatic carbocycles. The van der Waals surface area contributed by atoms with E-state index < -0.39 is 5.54 Å². The summed E-state index contributed by atoms with van der Waals surface area (Å²) >= 11 is 0. The summed E-state index contributed by atoms with van der Waals surface area (Å²) in [5.74, 6) is -0.0644. The number of nitrogens with one attached hydrogen (secondary N) is 1. The van der Waals surface area contributed by atoms with E-state index in [2.05, 4.69) is 10.3 Å². The van der Waals surface area contributed by atoms with E-state index in [-0.39, 0.29) is 18.4 Å². The van der Waals surface area contributed by atoms with E-state index >= 15 is 0 Å². The lowest BCUT2D eigenvalue weighted by atomic mass is 9.92. The minimum Gasteiger partial charge on any atom is -0.340 e. The van der Waals surface area contributed by atoms with Crippen LogP contribution in [-0.4, -0.2) is 28.9 Å². The summed E-state index contributed by atoms with van der Waals surface area (Å²) in [5.41, 5.74) is 0.852. The van der Waals surface area contributed by atoms with Gasteiger partial charge in [0.05, 0.1) is 11.4 Å². The molecule has 0 radical (unpaired) electrons. The van der Waals surface area contributed by atoms with Crippen molar-refractivity contribution in [3.63, 3.8) is 0 Å². The number of aryl methyl sites for hydroxylation is 1. The van der Waals surface area contributed by atoms with Gasteiger partial charge in [0.15, 0.2) is 0 Å². The van der Waals surface area contributed by atoms with E-state index in [1.807, 2.05) is 13.0 Å². The zero-order chi connectivity index (χ0) is 13.5. The molecule has 5 nitrogen and oxygen atoms in total. The Balaban J connectivity index is 1.99. The van der Waals surface area contributed by atoms with Gasteiger partial charge >= 0.3 is 0 Å². The van der Waals surface area contributed by atoms with Gasteiger partial charge in [0.2, 0.25) is 5.91 Å². The van der Waals surface area contributed by atoms with Gasteiger partial charge in [0.1, 0.15) is 12.1 Å². The van der Waals surface area contributed by atoms with Gasteiger partial charge in [0, 0.05) is 6.20 Å². The molecule has 2 fully saturated rings. The fourth-order valence-electron chi connectivity index (χ4n) is 3.11. The first-order chi connectivity index (χ1) is 9.12. The molecule has 19 heavy (non-hydrogen) atoms. The van der Waals surface area contributed by atoms with Crippen molar-refractivity contribution < 1.29 is 9.59 Å². The smallest absolute Gasteiger partial charge is 0.253 e. The Labute approximate surface area is 112 Å². The van der Waals surface area contributed by atoms with Gasteiger partial charge in [-0.25, -0.2) is 0 Å². The summed E-state index contributed by atoms with van der Waals surface area (Å²) in [6, 6.07) is 3.64. The molecule has 0 bridgehead atoms. The van der Waals surface area contributed by atoms with Gasteiger partial charge in [-0.05, 0) is 31.9 Å². The highest BCUT2D eigenvalue weighted by Gasteiger charge is 2.48. The molecular weight excluding hydrogens is 242 g/mol. The average molecular weight is 259 g/mol. The van der Waals surface area contributed by atoms with Crippen LogP contribution in [0.5, 0.6) is 0 Å². The third-order valence-electron chi connectivity index (χ3n) is 4.06. The molecule has 3 rings (SSSR count). The lowest BCUT2D eigenvalue weighted by Crippen LogP contribution is -2.65. The second-order valence-corrected chi connectivity index (χ2v) is 5.34. The van der Waals surface area contributed by atoms with Crippen LogP contribution < -0.4 is 10.2 Å². The number of rotatable bonds is 1. The Morgan fingerprint density at radius 3 is 2.74 bits per heavy atom. The van der Waals surface area contributed by atoms with E-state index in [0.29, 0.717) is 0 Å². The zero-order valence-corrected chi connectivity index (χ0v) is 11.0. The van der Waals surface area contributed by atoms with Gasteiger partial charge in [-0.3, -0.25) is 19.5 Å². The third-order valence-corrected chi connectivity index (χ3v) is 4.06. The van der Waals surface area contributed by atoms with Crippen LogP contribution in [0.25, 0.3) is 0 Å². The number of amides is 2. The van der Waals surface area contributed by atoms with Crippen molar-refractivity contribution in [3.05, 3.63) is 24.0 Å². The molecule has 1 spiro atoms. The molecular formula is C14H17N3O2. The summed E-state index contributed by atoms with van der Waals surface area (Å²) in [6.07, 6.45) is 5.16. The van der Waals surface area contributed by atoms with Gasteiger partial charge < -0.3 is 5.32 Å². The summed E-state index contributed by atoms with van der Waals surface area (Å²) in [5, 5.41) is 2.91. The molecule has 0 atom stereocenters. The first-order valence-corrected chi connectivity index (χ1v) is 6.67. The van der Waals surface area contributed by atoms with Crippen molar-refractivity contribution in [3.8, 4) is 0 Å². The highest BCUT2D eigenvalue weighted by Crippen LogP contribution is 2.35. The molecule has 100 valence electrons. The SMILES string of the molecule is Cc1ncccc1N1CC(=O)NC2(CCCC2)C1=O. The predicted molar refractivity (Wildman–Crippen MR) is 70.7 cm³/mol. The van der Waals surface area contributed by atoms with Crippen molar-refractivity contribution in [2.24, 2.45) is 0 Å². The van der Waals surface area contributed by atoms with E-state index in [9.17, 15) is 9.59 Å². The molecule has 1 aliphatic heterocycles. The number of aromatic nitrogens is 1. The largest absolute Gasteiger partial charge is 0.340 e. The second kappa shape index (κ2) is 4.33. The summed E-state index contributed by atoms with van der Waals surface area (Å²) in [6.45, 7) is 1.95. The lowest BCUT2D eigenvalue weighted by Gasteiger charge is -2.39. The Kier molecular flexibility index (Phi) is 2.77. The summed E-state index contributed by atoms with van der Waals surface area (Å²) < 4.78 is 0. The molecule has 2 amide bonds. The molecule has 1 N–H and O–H groups in total. The summed E-state index contributed by atoms with van der Waals surface area (Å²) in [4.78, 5) is 30.5. The first kappa shape index (κ1) is 12.1. The van der Waals surface area contributed by atoms with E-state index in [1.165, 1.54) is 0 Å². The minimum atomic E-state index is -0.669.